The van der Waals surface area contributed by atoms with Gasteiger partial charge in [0.05, 0.1) is 12.3 Å². The number of aromatic nitrogens is 1. The van der Waals surface area contributed by atoms with E-state index in [0.717, 1.165) is 12.1 Å². The molecular weight excluding hydrogens is 272 g/mol. The van der Waals surface area contributed by atoms with Gasteiger partial charge in [-0.2, -0.15) is 11.8 Å². The SMILES string of the molecule is CSC1(CNCc2c(CO)cnc(C)c2O)CCCC1. The van der Waals surface area contributed by atoms with Crippen molar-refractivity contribution < 1.29 is 10.2 Å². The van der Waals surface area contributed by atoms with Gasteiger partial charge in [0, 0.05) is 35.2 Å². The molecule has 1 aliphatic rings. The lowest BCUT2D eigenvalue weighted by Crippen LogP contribution is -2.35. The van der Waals surface area contributed by atoms with Crippen LogP contribution in [0.3, 0.4) is 0 Å². The fraction of sp³-hybridized carbons (Fsp3) is 0.667. The van der Waals surface area contributed by atoms with Crippen molar-refractivity contribution in [2.75, 3.05) is 12.8 Å². The third-order valence-electron chi connectivity index (χ3n) is 4.30. The highest BCUT2D eigenvalue weighted by Crippen LogP contribution is 2.39. The Balaban J connectivity index is 2.02. The molecule has 1 aromatic rings. The zero-order valence-electron chi connectivity index (χ0n) is 12.3. The topological polar surface area (TPSA) is 65.4 Å². The molecule has 0 aromatic carbocycles. The number of hydrogen-bond acceptors (Lipinski definition) is 5. The van der Waals surface area contributed by atoms with Crippen molar-refractivity contribution in [1.82, 2.24) is 10.3 Å². The number of rotatable bonds is 6. The molecule has 0 radical (unpaired) electrons. The summed E-state index contributed by atoms with van der Waals surface area (Å²) in [7, 11) is 0. The van der Waals surface area contributed by atoms with Crippen LogP contribution in [0.15, 0.2) is 6.20 Å². The van der Waals surface area contributed by atoms with E-state index in [0.29, 0.717) is 22.5 Å². The van der Waals surface area contributed by atoms with E-state index in [-0.39, 0.29) is 12.4 Å². The smallest absolute Gasteiger partial charge is 0.141 e. The largest absolute Gasteiger partial charge is 0.506 e. The van der Waals surface area contributed by atoms with Crippen molar-refractivity contribution >= 4 is 11.8 Å². The van der Waals surface area contributed by atoms with Gasteiger partial charge in [-0.25, -0.2) is 0 Å². The van der Waals surface area contributed by atoms with E-state index in [1.54, 1.807) is 13.1 Å². The highest BCUT2D eigenvalue weighted by molar-refractivity contribution is 8.00. The van der Waals surface area contributed by atoms with Gasteiger partial charge < -0.3 is 15.5 Å². The Bertz CT molecular complexity index is 459. The summed E-state index contributed by atoms with van der Waals surface area (Å²) in [5.74, 6) is 0.202. The normalized spacial score (nSPS) is 17.6. The molecule has 1 aromatic heterocycles. The van der Waals surface area contributed by atoms with Gasteiger partial charge in [0.15, 0.2) is 0 Å². The minimum atomic E-state index is -0.0917. The Morgan fingerprint density at radius 2 is 2.10 bits per heavy atom. The number of thioether (sulfide) groups is 1. The molecule has 1 saturated carbocycles. The second kappa shape index (κ2) is 6.78. The molecule has 0 atom stereocenters. The lowest BCUT2D eigenvalue weighted by Gasteiger charge is -2.27. The number of aliphatic hydroxyl groups is 1. The Labute approximate surface area is 125 Å². The van der Waals surface area contributed by atoms with E-state index in [2.05, 4.69) is 16.6 Å². The van der Waals surface area contributed by atoms with E-state index >= 15 is 0 Å². The van der Waals surface area contributed by atoms with Gasteiger partial charge >= 0.3 is 0 Å². The molecule has 0 bridgehead atoms. The van der Waals surface area contributed by atoms with Gasteiger partial charge in [-0.15, -0.1) is 0 Å². The molecule has 0 amide bonds. The van der Waals surface area contributed by atoms with E-state index in [4.69, 9.17) is 0 Å². The van der Waals surface area contributed by atoms with Gasteiger partial charge in [0.25, 0.3) is 0 Å². The molecule has 5 heteroatoms. The Kier molecular flexibility index (Phi) is 5.29. The van der Waals surface area contributed by atoms with E-state index in [1.807, 2.05) is 11.8 Å². The summed E-state index contributed by atoms with van der Waals surface area (Å²) in [6.07, 6.45) is 8.96. The number of nitrogens with zero attached hydrogens (tertiary/aromatic N) is 1. The second-order valence-corrected chi connectivity index (χ2v) is 6.83. The molecule has 1 aliphatic carbocycles. The summed E-state index contributed by atoms with van der Waals surface area (Å²) in [6, 6.07) is 0. The van der Waals surface area contributed by atoms with Crippen LogP contribution >= 0.6 is 11.8 Å². The number of nitrogens with one attached hydrogen (secondary N) is 1. The number of aliphatic hydroxyl groups excluding tert-OH is 1. The maximum absolute atomic E-state index is 10.1. The van der Waals surface area contributed by atoms with Crippen LogP contribution in [0.1, 0.15) is 42.5 Å². The van der Waals surface area contributed by atoms with Gasteiger partial charge in [-0.3, -0.25) is 4.98 Å². The lowest BCUT2D eigenvalue weighted by atomic mass is 10.1. The first-order valence-corrected chi connectivity index (χ1v) is 8.37. The average molecular weight is 296 g/mol. The van der Waals surface area contributed by atoms with E-state index in [1.165, 1.54) is 25.7 Å². The molecule has 1 fully saturated rings. The molecule has 3 N–H and O–H groups in total. The first-order chi connectivity index (χ1) is 9.62. The third-order valence-corrected chi connectivity index (χ3v) is 5.72. The third kappa shape index (κ3) is 3.27. The molecular formula is C15H24N2O2S. The molecule has 0 saturated heterocycles. The van der Waals surface area contributed by atoms with Gasteiger partial charge in [-0.05, 0) is 26.0 Å². The van der Waals surface area contributed by atoms with Gasteiger partial charge in [0.2, 0.25) is 0 Å². The average Bonchev–Trinajstić information content (AvgIpc) is 2.93. The summed E-state index contributed by atoms with van der Waals surface area (Å²) in [5.41, 5.74) is 2.08. The van der Waals surface area contributed by atoms with Crippen LogP contribution in [0.25, 0.3) is 0 Å². The zero-order chi connectivity index (χ0) is 14.6. The van der Waals surface area contributed by atoms with Crippen LogP contribution in [-0.2, 0) is 13.2 Å². The Morgan fingerprint density at radius 3 is 2.70 bits per heavy atom. The number of hydrogen-bond donors (Lipinski definition) is 3. The summed E-state index contributed by atoms with van der Waals surface area (Å²) in [6.45, 7) is 3.21. The van der Waals surface area contributed by atoms with Crippen LogP contribution in [0.5, 0.6) is 5.75 Å². The quantitative estimate of drug-likeness (QED) is 0.752. The maximum atomic E-state index is 10.1. The summed E-state index contributed by atoms with van der Waals surface area (Å²) < 4.78 is 0.344. The Morgan fingerprint density at radius 1 is 1.40 bits per heavy atom. The predicted molar refractivity (Wildman–Crippen MR) is 83.0 cm³/mol. The van der Waals surface area contributed by atoms with Crippen LogP contribution in [0.2, 0.25) is 0 Å². The van der Waals surface area contributed by atoms with Crippen molar-refractivity contribution in [2.45, 2.75) is 50.5 Å². The van der Waals surface area contributed by atoms with E-state index in [9.17, 15) is 10.2 Å². The second-order valence-electron chi connectivity index (χ2n) is 5.55. The van der Waals surface area contributed by atoms with Crippen molar-refractivity contribution in [3.63, 3.8) is 0 Å². The molecule has 1 heterocycles. The summed E-state index contributed by atoms with van der Waals surface area (Å²) in [4.78, 5) is 4.08. The first kappa shape index (κ1) is 15.6. The monoisotopic (exact) mass is 296 g/mol. The fourth-order valence-corrected chi connectivity index (χ4v) is 3.85. The molecule has 112 valence electrons. The fourth-order valence-electron chi connectivity index (χ4n) is 2.91. The molecule has 4 nitrogen and oxygen atoms in total. The standard InChI is InChI=1S/C15H24N2O2S/c1-11-14(19)13(12(9-18)7-17-11)8-16-10-15(20-2)5-3-4-6-15/h7,16,18-19H,3-6,8-10H2,1-2H3. The molecule has 20 heavy (non-hydrogen) atoms. The highest BCUT2D eigenvalue weighted by Gasteiger charge is 2.32. The van der Waals surface area contributed by atoms with Crippen LogP contribution < -0.4 is 5.32 Å². The van der Waals surface area contributed by atoms with Crippen molar-refractivity contribution in [1.29, 1.82) is 0 Å². The van der Waals surface area contributed by atoms with E-state index < -0.39 is 0 Å². The first-order valence-electron chi connectivity index (χ1n) is 7.15. The number of pyridine rings is 1. The van der Waals surface area contributed by atoms with Crippen molar-refractivity contribution in [2.24, 2.45) is 0 Å². The Hall–Kier alpha value is -0.780. The van der Waals surface area contributed by atoms with Crippen LogP contribution in [0, 0.1) is 6.92 Å². The van der Waals surface area contributed by atoms with Crippen molar-refractivity contribution in [3.05, 3.63) is 23.0 Å². The summed E-state index contributed by atoms with van der Waals surface area (Å²) >= 11 is 1.95. The molecule has 0 aliphatic heterocycles. The zero-order valence-corrected chi connectivity index (χ0v) is 13.1. The van der Waals surface area contributed by atoms with Gasteiger partial charge in [-0.1, -0.05) is 12.8 Å². The van der Waals surface area contributed by atoms with Crippen LogP contribution in [0.4, 0.5) is 0 Å². The number of aromatic hydroxyl groups is 1. The molecule has 0 unspecified atom stereocenters. The predicted octanol–water partition coefficient (Wildman–Crippen LogP) is 2.35. The van der Waals surface area contributed by atoms with Crippen LogP contribution in [-0.4, -0.2) is 32.7 Å². The molecule has 2 rings (SSSR count). The lowest BCUT2D eigenvalue weighted by molar-refractivity contribution is 0.278. The number of aryl methyl sites for hydroxylation is 1. The van der Waals surface area contributed by atoms with Gasteiger partial charge in [0.1, 0.15) is 5.75 Å². The maximum Gasteiger partial charge on any atom is 0.141 e. The minimum Gasteiger partial charge on any atom is -0.506 e. The van der Waals surface area contributed by atoms with Crippen molar-refractivity contribution in [3.8, 4) is 5.75 Å². The highest BCUT2D eigenvalue weighted by atomic mass is 32.2. The summed E-state index contributed by atoms with van der Waals surface area (Å²) in [5, 5.41) is 22.9. The molecule has 0 spiro atoms. The minimum absolute atomic E-state index is 0.0917.